The molecule has 0 bridgehead atoms. The van der Waals surface area contributed by atoms with Crippen LogP contribution in [-0.2, 0) is 9.53 Å². The molecule has 2 amide bonds. The maximum Gasteiger partial charge on any atom is 0.262 e. The van der Waals surface area contributed by atoms with Gasteiger partial charge in [-0.1, -0.05) is 0 Å². The average Bonchev–Trinajstić information content (AvgIpc) is 3.31. The SMILES string of the molecule is CCOc1ccc(NC(=O)COc2ccc(C(=O)NC[C@@H]3CCCO3)cc2OC)cc1. The summed E-state index contributed by atoms with van der Waals surface area (Å²) >= 11 is 0. The minimum Gasteiger partial charge on any atom is -0.494 e. The van der Waals surface area contributed by atoms with Crippen molar-refractivity contribution in [2.24, 2.45) is 0 Å². The molecule has 3 rings (SSSR count). The summed E-state index contributed by atoms with van der Waals surface area (Å²) in [4.78, 5) is 24.6. The smallest absolute Gasteiger partial charge is 0.262 e. The minimum absolute atomic E-state index is 0.0716. The Bertz CT molecular complexity index is 878. The second-order valence-electron chi connectivity index (χ2n) is 7.00. The van der Waals surface area contributed by atoms with Crippen molar-refractivity contribution in [1.82, 2.24) is 5.32 Å². The Morgan fingerprint density at radius 1 is 1.10 bits per heavy atom. The van der Waals surface area contributed by atoms with Gasteiger partial charge in [-0.05, 0) is 62.2 Å². The largest absolute Gasteiger partial charge is 0.494 e. The van der Waals surface area contributed by atoms with E-state index in [1.54, 1.807) is 42.5 Å². The zero-order chi connectivity index (χ0) is 22.1. The van der Waals surface area contributed by atoms with Gasteiger partial charge in [0.1, 0.15) is 5.75 Å². The fourth-order valence-electron chi connectivity index (χ4n) is 3.18. The molecule has 2 aromatic carbocycles. The topological polar surface area (TPSA) is 95.1 Å². The van der Waals surface area contributed by atoms with Crippen LogP contribution >= 0.6 is 0 Å². The van der Waals surface area contributed by atoms with Crippen LogP contribution in [0.3, 0.4) is 0 Å². The van der Waals surface area contributed by atoms with Crippen LogP contribution in [0.25, 0.3) is 0 Å². The summed E-state index contributed by atoms with van der Waals surface area (Å²) in [5.74, 6) is 0.957. The van der Waals surface area contributed by atoms with Gasteiger partial charge in [0.2, 0.25) is 0 Å². The van der Waals surface area contributed by atoms with Crippen LogP contribution in [0.1, 0.15) is 30.1 Å². The van der Waals surface area contributed by atoms with E-state index in [1.807, 2.05) is 6.92 Å². The van der Waals surface area contributed by atoms with E-state index in [0.717, 1.165) is 25.2 Å². The number of hydrogen-bond acceptors (Lipinski definition) is 6. The number of methoxy groups -OCH3 is 1. The van der Waals surface area contributed by atoms with Crippen molar-refractivity contribution in [2.45, 2.75) is 25.9 Å². The maximum atomic E-state index is 12.4. The maximum absolute atomic E-state index is 12.4. The summed E-state index contributed by atoms with van der Waals surface area (Å²) in [7, 11) is 1.48. The monoisotopic (exact) mass is 428 g/mol. The first kappa shape index (κ1) is 22.4. The van der Waals surface area contributed by atoms with Crippen molar-refractivity contribution < 1.29 is 28.5 Å². The van der Waals surface area contributed by atoms with Gasteiger partial charge in [-0.2, -0.15) is 0 Å². The zero-order valence-electron chi connectivity index (χ0n) is 17.8. The lowest BCUT2D eigenvalue weighted by molar-refractivity contribution is -0.118. The molecule has 0 unspecified atom stereocenters. The molecule has 2 N–H and O–H groups in total. The molecule has 166 valence electrons. The van der Waals surface area contributed by atoms with Crippen molar-refractivity contribution in [3.8, 4) is 17.2 Å². The quantitative estimate of drug-likeness (QED) is 0.604. The van der Waals surface area contributed by atoms with E-state index in [9.17, 15) is 9.59 Å². The van der Waals surface area contributed by atoms with E-state index < -0.39 is 0 Å². The predicted molar refractivity (Wildman–Crippen MR) is 116 cm³/mol. The highest BCUT2D eigenvalue weighted by Crippen LogP contribution is 2.28. The lowest BCUT2D eigenvalue weighted by Crippen LogP contribution is -2.31. The van der Waals surface area contributed by atoms with Crippen molar-refractivity contribution in [3.05, 3.63) is 48.0 Å². The first-order valence-electron chi connectivity index (χ1n) is 10.3. The number of rotatable bonds is 10. The summed E-state index contributed by atoms with van der Waals surface area (Å²) in [6.07, 6.45) is 2.05. The van der Waals surface area contributed by atoms with Crippen LogP contribution in [0.5, 0.6) is 17.2 Å². The van der Waals surface area contributed by atoms with E-state index in [1.165, 1.54) is 7.11 Å². The van der Waals surface area contributed by atoms with Crippen molar-refractivity contribution in [2.75, 3.05) is 38.8 Å². The second-order valence-corrected chi connectivity index (χ2v) is 7.00. The molecule has 8 heteroatoms. The molecule has 0 spiro atoms. The highest BCUT2D eigenvalue weighted by Gasteiger charge is 2.18. The van der Waals surface area contributed by atoms with Crippen molar-refractivity contribution in [1.29, 1.82) is 0 Å². The molecule has 0 saturated carbocycles. The summed E-state index contributed by atoms with van der Waals surface area (Å²) in [6, 6.07) is 11.9. The third-order valence-corrected chi connectivity index (χ3v) is 4.75. The first-order chi connectivity index (χ1) is 15.1. The van der Waals surface area contributed by atoms with Crippen molar-refractivity contribution >= 4 is 17.5 Å². The van der Waals surface area contributed by atoms with E-state index >= 15 is 0 Å². The van der Waals surface area contributed by atoms with E-state index in [0.29, 0.717) is 35.9 Å². The third kappa shape index (κ3) is 6.62. The van der Waals surface area contributed by atoms with Crippen LogP contribution in [0.15, 0.2) is 42.5 Å². The predicted octanol–water partition coefficient (Wildman–Crippen LogP) is 3.02. The van der Waals surface area contributed by atoms with Crippen LogP contribution in [0.4, 0.5) is 5.69 Å². The Labute approximate surface area is 181 Å². The average molecular weight is 428 g/mol. The fourth-order valence-corrected chi connectivity index (χ4v) is 3.18. The molecule has 1 atom stereocenters. The summed E-state index contributed by atoms with van der Waals surface area (Å²) in [5.41, 5.74) is 1.09. The number of ether oxygens (including phenoxy) is 4. The van der Waals surface area contributed by atoms with Gasteiger partial charge < -0.3 is 29.6 Å². The Hall–Kier alpha value is -3.26. The van der Waals surface area contributed by atoms with Gasteiger partial charge in [0.15, 0.2) is 18.1 Å². The molecule has 8 nitrogen and oxygen atoms in total. The molecule has 1 aliphatic rings. The van der Waals surface area contributed by atoms with Gasteiger partial charge in [0.25, 0.3) is 11.8 Å². The second kappa shape index (κ2) is 11.2. The number of amides is 2. The molecule has 1 heterocycles. The van der Waals surface area contributed by atoms with E-state index in [4.69, 9.17) is 18.9 Å². The molecular formula is C23H28N2O6. The number of hydrogen-bond donors (Lipinski definition) is 2. The molecule has 0 radical (unpaired) electrons. The number of benzene rings is 2. The number of nitrogens with one attached hydrogen (secondary N) is 2. The lowest BCUT2D eigenvalue weighted by Gasteiger charge is -2.14. The molecule has 31 heavy (non-hydrogen) atoms. The number of carbonyl (C=O) groups is 2. The normalized spacial score (nSPS) is 15.2. The Kier molecular flexibility index (Phi) is 8.12. The molecule has 2 aromatic rings. The number of anilines is 1. The molecule has 0 aromatic heterocycles. The van der Waals surface area contributed by atoms with Crippen LogP contribution in [0.2, 0.25) is 0 Å². The van der Waals surface area contributed by atoms with Crippen LogP contribution in [-0.4, -0.2) is 51.4 Å². The van der Waals surface area contributed by atoms with Gasteiger partial charge in [-0.15, -0.1) is 0 Å². The Morgan fingerprint density at radius 2 is 1.90 bits per heavy atom. The van der Waals surface area contributed by atoms with Crippen LogP contribution < -0.4 is 24.8 Å². The highest BCUT2D eigenvalue weighted by molar-refractivity contribution is 5.95. The van der Waals surface area contributed by atoms with Gasteiger partial charge in [-0.25, -0.2) is 0 Å². The first-order valence-corrected chi connectivity index (χ1v) is 10.3. The van der Waals surface area contributed by atoms with Crippen molar-refractivity contribution in [3.63, 3.8) is 0 Å². The summed E-state index contributed by atoms with van der Waals surface area (Å²) in [6.45, 7) is 3.51. The lowest BCUT2D eigenvalue weighted by atomic mass is 10.1. The van der Waals surface area contributed by atoms with E-state index in [2.05, 4.69) is 10.6 Å². The summed E-state index contributed by atoms with van der Waals surface area (Å²) < 4.78 is 21.8. The Balaban J connectivity index is 1.52. The van der Waals surface area contributed by atoms with Gasteiger partial charge >= 0.3 is 0 Å². The van der Waals surface area contributed by atoms with E-state index in [-0.39, 0.29) is 24.5 Å². The molecule has 1 aliphatic heterocycles. The Morgan fingerprint density at radius 3 is 2.58 bits per heavy atom. The highest BCUT2D eigenvalue weighted by atomic mass is 16.5. The molecule has 0 aliphatic carbocycles. The van der Waals surface area contributed by atoms with Gasteiger partial charge in [-0.3, -0.25) is 9.59 Å². The third-order valence-electron chi connectivity index (χ3n) is 4.75. The minimum atomic E-state index is -0.315. The molecule has 1 saturated heterocycles. The molecular weight excluding hydrogens is 400 g/mol. The zero-order valence-corrected chi connectivity index (χ0v) is 17.8. The standard InChI is InChI=1S/C23H28N2O6/c1-3-29-18-9-7-17(8-10-18)25-22(26)15-31-20-11-6-16(13-21(20)28-2)23(27)24-14-19-5-4-12-30-19/h6-11,13,19H,3-5,12,14-15H2,1-2H3,(H,24,27)(H,25,26)/t19-/m0/s1. The van der Waals surface area contributed by atoms with Gasteiger partial charge in [0, 0.05) is 24.4 Å². The summed E-state index contributed by atoms with van der Waals surface area (Å²) in [5, 5.41) is 5.62. The molecule has 1 fully saturated rings. The fraction of sp³-hybridized carbons (Fsp3) is 0.391. The van der Waals surface area contributed by atoms with Crippen LogP contribution in [0, 0.1) is 0 Å². The number of carbonyl (C=O) groups excluding carboxylic acids is 2. The van der Waals surface area contributed by atoms with Gasteiger partial charge in [0.05, 0.1) is 19.8 Å².